The van der Waals surface area contributed by atoms with Gasteiger partial charge in [-0.1, -0.05) is 34.1 Å². The van der Waals surface area contributed by atoms with E-state index in [4.69, 9.17) is 10.6 Å². The lowest BCUT2D eigenvalue weighted by molar-refractivity contribution is -0.125. The summed E-state index contributed by atoms with van der Waals surface area (Å²) in [6, 6.07) is 7.74. The lowest BCUT2D eigenvalue weighted by Gasteiger charge is -2.05. The maximum atomic E-state index is 10.3. The van der Waals surface area contributed by atoms with E-state index in [0.717, 1.165) is 10.0 Å². The van der Waals surface area contributed by atoms with E-state index in [1.54, 1.807) is 0 Å². The van der Waals surface area contributed by atoms with Gasteiger partial charge in [-0.15, -0.1) is 0 Å². The molecule has 14 heavy (non-hydrogen) atoms. The van der Waals surface area contributed by atoms with E-state index < -0.39 is 5.91 Å². The van der Waals surface area contributed by atoms with Gasteiger partial charge in [-0.25, -0.2) is 0 Å². The van der Waals surface area contributed by atoms with Gasteiger partial charge in [0.2, 0.25) is 5.91 Å². The average Bonchev–Trinajstić information content (AvgIpc) is 2.15. The molecule has 0 spiro atoms. The summed E-state index contributed by atoms with van der Waals surface area (Å²) in [5, 5.41) is 0. The van der Waals surface area contributed by atoms with Crippen molar-refractivity contribution in [3.05, 3.63) is 34.3 Å². The Morgan fingerprint density at radius 1 is 1.50 bits per heavy atom. The number of primary amides is 1. The van der Waals surface area contributed by atoms with Crippen LogP contribution < -0.4 is 11.2 Å². The number of amides is 1. The molecule has 1 amide bonds. The molecular weight excluding hydrogens is 248 g/mol. The second-order valence-electron chi connectivity index (χ2n) is 2.67. The number of nitrogens with two attached hydrogens (primary N) is 1. The van der Waals surface area contributed by atoms with Crippen molar-refractivity contribution in [2.45, 2.75) is 6.54 Å². The zero-order chi connectivity index (χ0) is 10.4. The van der Waals surface area contributed by atoms with Crippen LogP contribution in [0, 0.1) is 0 Å². The van der Waals surface area contributed by atoms with Crippen LogP contribution in [0.25, 0.3) is 0 Å². The van der Waals surface area contributed by atoms with Crippen LogP contribution in [0.2, 0.25) is 0 Å². The van der Waals surface area contributed by atoms with E-state index in [2.05, 4.69) is 21.4 Å². The van der Waals surface area contributed by atoms with Crippen LogP contribution >= 0.6 is 15.9 Å². The number of carbonyl (C=O) groups is 1. The van der Waals surface area contributed by atoms with Gasteiger partial charge in [-0.05, 0) is 11.6 Å². The van der Waals surface area contributed by atoms with Gasteiger partial charge < -0.3 is 5.73 Å². The fourth-order valence-electron chi connectivity index (χ4n) is 0.893. The lowest BCUT2D eigenvalue weighted by atomic mass is 10.2. The molecule has 4 nitrogen and oxygen atoms in total. The number of nitrogens with one attached hydrogen (secondary N) is 1. The Balaban J connectivity index is 2.31. The van der Waals surface area contributed by atoms with Crippen molar-refractivity contribution in [1.29, 1.82) is 0 Å². The highest BCUT2D eigenvalue weighted by Gasteiger charge is 1.98. The van der Waals surface area contributed by atoms with Crippen LogP contribution in [0.1, 0.15) is 5.56 Å². The van der Waals surface area contributed by atoms with Crippen LogP contribution in [0.15, 0.2) is 28.7 Å². The molecule has 0 aliphatic rings. The normalized spacial score (nSPS) is 10.1. The summed E-state index contributed by atoms with van der Waals surface area (Å²) >= 11 is 3.39. The molecule has 0 aliphatic heterocycles. The highest BCUT2D eigenvalue weighted by Crippen LogP contribution is 2.14. The summed E-state index contributed by atoms with van der Waals surface area (Å²) < 4.78 is 0.996. The molecule has 0 aromatic heterocycles. The summed E-state index contributed by atoms with van der Waals surface area (Å²) in [6.07, 6.45) is 0. The van der Waals surface area contributed by atoms with Gasteiger partial charge in [0, 0.05) is 11.0 Å². The van der Waals surface area contributed by atoms with Crippen LogP contribution in [0.3, 0.4) is 0 Å². The summed E-state index contributed by atoms with van der Waals surface area (Å²) in [6.45, 7) is 0.402. The van der Waals surface area contributed by atoms with Crippen molar-refractivity contribution < 1.29 is 9.63 Å². The fourth-order valence-corrected chi connectivity index (χ4v) is 1.32. The first-order valence-corrected chi connectivity index (χ1v) is 4.86. The van der Waals surface area contributed by atoms with E-state index >= 15 is 0 Å². The zero-order valence-corrected chi connectivity index (χ0v) is 9.08. The predicted octanol–water partition coefficient (Wildman–Crippen LogP) is 0.956. The van der Waals surface area contributed by atoms with Crippen molar-refractivity contribution in [2.24, 2.45) is 5.73 Å². The van der Waals surface area contributed by atoms with E-state index in [9.17, 15) is 4.79 Å². The zero-order valence-electron chi connectivity index (χ0n) is 7.50. The van der Waals surface area contributed by atoms with Gasteiger partial charge in [0.1, 0.15) is 6.61 Å². The minimum Gasteiger partial charge on any atom is -0.368 e. The largest absolute Gasteiger partial charge is 0.368 e. The van der Waals surface area contributed by atoms with E-state index in [-0.39, 0.29) is 6.61 Å². The minimum absolute atomic E-state index is 0.121. The number of hydrogen-bond acceptors (Lipinski definition) is 3. The Bertz CT molecular complexity index is 317. The smallest absolute Gasteiger partial charge is 0.245 e. The SMILES string of the molecule is NC(=O)CONCc1ccccc1Br. The number of rotatable bonds is 5. The molecule has 3 N–H and O–H groups in total. The third kappa shape index (κ3) is 3.87. The third-order valence-electron chi connectivity index (χ3n) is 1.54. The first-order valence-electron chi connectivity index (χ1n) is 4.06. The molecule has 0 atom stereocenters. The first-order chi connectivity index (χ1) is 6.70. The molecule has 0 fully saturated rings. The molecule has 1 rings (SSSR count). The van der Waals surface area contributed by atoms with Gasteiger partial charge in [-0.2, -0.15) is 5.48 Å². The number of benzene rings is 1. The Kier molecular flexibility index (Phi) is 4.58. The van der Waals surface area contributed by atoms with Crippen LogP contribution in [-0.2, 0) is 16.2 Å². The molecule has 5 heteroatoms. The molecule has 0 unspecified atom stereocenters. The summed E-state index contributed by atoms with van der Waals surface area (Å²) in [5.74, 6) is -0.496. The maximum Gasteiger partial charge on any atom is 0.245 e. The van der Waals surface area contributed by atoms with Gasteiger partial charge in [-0.3, -0.25) is 9.63 Å². The van der Waals surface area contributed by atoms with Gasteiger partial charge in [0.15, 0.2) is 0 Å². The highest BCUT2D eigenvalue weighted by atomic mass is 79.9. The third-order valence-corrected chi connectivity index (χ3v) is 2.31. The Labute approximate surface area is 90.5 Å². The van der Waals surface area contributed by atoms with E-state index in [1.807, 2.05) is 24.3 Å². The highest BCUT2D eigenvalue weighted by molar-refractivity contribution is 9.10. The second-order valence-corrected chi connectivity index (χ2v) is 3.52. The van der Waals surface area contributed by atoms with Gasteiger partial charge in [0.05, 0.1) is 0 Å². The van der Waals surface area contributed by atoms with Crippen molar-refractivity contribution in [2.75, 3.05) is 6.61 Å². The topological polar surface area (TPSA) is 64.4 Å². The van der Waals surface area contributed by atoms with Crippen molar-refractivity contribution >= 4 is 21.8 Å². The standard InChI is InChI=1S/C9H11BrN2O2/c10-8-4-2-1-3-7(8)5-12-14-6-9(11)13/h1-4,12H,5-6H2,(H2,11,13). The summed E-state index contributed by atoms with van der Waals surface area (Å²) in [5.41, 5.74) is 8.58. The number of halogens is 1. The average molecular weight is 259 g/mol. The quantitative estimate of drug-likeness (QED) is 0.611. The minimum atomic E-state index is -0.496. The van der Waals surface area contributed by atoms with Crippen LogP contribution in [0.5, 0.6) is 0 Å². The monoisotopic (exact) mass is 258 g/mol. The van der Waals surface area contributed by atoms with Crippen LogP contribution in [0.4, 0.5) is 0 Å². The molecule has 0 saturated heterocycles. The molecule has 76 valence electrons. The summed E-state index contributed by atoms with van der Waals surface area (Å²) in [7, 11) is 0. The van der Waals surface area contributed by atoms with Crippen molar-refractivity contribution in [1.82, 2.24) is 5.48 Å². The molecule has 0 saturated carbocycles. The first kappa shape index (κ1) is 11.2. The van der Waals surface area contributed by atoms with Crippen molar-refractivity contribution in [3.8, 4) is 0 Å². The maximum absolute atomic E-state index is 10.3. The number of hydroxylamine groups is 1. The Hall–Kier alpha value is -0.910. The lowest BCUT2D eigenvalue weighted by Crippen LogP contribution is -2.24. The second kappa shape index (κ2) is 5.74. The Morgan fingerprint density at radius 2 is 2.21 bits per heavy atom. The van der Waals surface area contributed by atoms with E-state index in [0.29, 0.717) is 6.54 Å². The van der Waals surface area contributed by atoms with Gasteiger partial charge >= 0.3 is 0 Å². The molecule has 0 bridgehead atoms. The summed E-state index contributed by atoms with van der Waals surface area (Å²) in [4.78, 5) is 15.1. The number of carbonyl (C=O) groups excluding carboxylic acids is 1. The van der Waals surface area contributed by atoms with Crippen LogP contribution in [-0.4, -0.2) is 12.5 Å². The number of hydrogen-bond donors (Lipinski definition) is 2. The molecule has 1 aromatic carbocycles. The molecule has 0 aliphatic carbocycles. The van der Waals surface area contributed by atoms with Gasteiger partial charge in [0.25, 0.3) is 0 Å². The fraction of sp³-hybridized carbons (Fsp3) is 0.222. The Morgan fingerprint density at radius 3 is 2.86 bits per heavy atom. The predicted molar refractivity (Wildman–Crippen MR) is 56.1 cm³/mol. The molecule has 0 radical (unpaired) electrons. The molecule has 0 heterocycles. The molecule has 1 aromatic rings. The van der Waals surface area contributed by atoms with Crippen molar-refractivity contribution in [3.63, 3.8) is 0 Å². The molecular formula is C9H11BrN2O2. The van der Waals surface area contributed by atoms with E-state index in [1.165, 1.54) is 0 Å².